The number of rotatable bonds is 3. The van der Waals surface area contributed by atoms with E-state index in [1.165, 1.54) is 0 Å². The lowest BCUT2D eigenvalue weighted by Crippen LogP contribution is -2.33. The third-order valence-electron chi connectivity index (χ3n) is 1.54. The first-order valence-corrected chi connectivity index (χ1v) is 3.98. The van der Waals surface area contributed by atoms with E-state index in [9.17, 15) is 4.79 Å². The van der Waals surface area contributed by atoms with Crippen molar-refractivity contribution >= 4 is 18.6 Å². The van der Waals surface area contributed by atoms with Crippen LogP contribution in [0.1, 0.15) is 6.42 Å². The largest absolute Gasteiger partial charge is 0.481 e. The Hall–Kier alpha value is -0.340. The maximum absolute atomic E-state index is 10.2. The number of hydrazine groups is 1. The summed E-state index contributed by atoms with van der Waals surface area (Å²) in [5.41, 5.74) is 2.27. The molecular weight excluding hydrogens is 182 g/mol. The zero-order valence-electron chi connectivity index (χ0n) is 6.34. The SMILES string of the molecule is O=C(O)CCN1CN(O)NC1S. The minimum Gasteiger partial charge on any atom is -0.481 e. The first-order valence-electron chi connectivity index (χ1n) is 3.46. The minimum absolute atomic E-state index is 0.0482. The molecule has 0 amide bonds. The molecule has 1 aliphatic rings. The summed E-state index contributed by atoms with van der Waals surface area (Å²) in [4.78, 5) is 11.9. The normalized spacial score (nSPS) is 26.3. The molecule has 1 aliphatic heterocycles. The summed E-state index contributed by atoms with van der Waals surface area (Å²) < 4.78 is 0. The van der Waals surface area contributed by atoms with Crippen molar-refractivity contribution in [1.82, 2.24) is 15.5 Å². The lowest BCUT2D eigenvalue weighted by Gasteiger charge is -2.15. The quantitative estimate of drug-likeness (QED) is 0.437. The highest BCUT2D eigenvalue weighted by Gasteiger charge is 2.25. The molecule has 6 nitrogen and oxygen atoms in total. The van der Waals surface area contributed by atoms with Crippen LogP contribution < -0.4 is 5.43 Å². The first kappa shape index (κ1) is 9.75. The van der Waals surface area contributed by atoms with E-state index >= 15 is 0 Å². The van der Waals surface area contributed by atoms with Crippen LogP contribution in [0.5, 0.6) is 0 Å². The number of nitrogens with one attached hydrogen (secondary N) is 1. The van der Waals surface area contributed by atoms with Gasteiger partial charge in [0, 0.05) is 6.54 Å². The molecule has 1 rings (SSSR count). The van der Waals surface area contributed by atoms with Crippen LogP contribution in [0.2, 0.25) is 0 Å². The van der Waals surface area contributed by atoms with Crippen molar-refractivity contribution in [1.29, 1.82) is 0 Å². The molecular formula is C5H11N3O3S. The number of carboxylic acids is 1. The zero-order valence-corrected chi connectivity index (χ0v) is 7.24. The molecule has 0 aromatic heterocycles. The highest BCUT2D eigenvalue weighted by atomic mass is 32.1. The van der Waals surface area contributed by atoms with E-state index in [-0.39, 0.29) is 18.6 Å². The fourth-order valence-electron chi connectivity index (χ4n) is 0.937. The molecule has 0 aromatic carbocycles. The molecule has 1 atom stereocenters. The van der Waals surface area contributed by atoms with Gasteiger partial charge in [-0.25, -0.2) is 5.43 Å². The second-order valence-electron chi connectivity index (χ2n) is 2.50. The minimum atomic E-state index is -0.855. The summed E-state index contributed by atoms with van der Waals surface area (Å²) in [6.07, 6.45) is 0.0482. The van der Waals surface area contributed by atoms with Crippen molar-refractivity contribution in [3.05, 3.63) is 0 Å². The highest BCUT2D eigenvalue weighted by molar-refractivity contribution is 7.80. The van der Waals surface area contributed by atoms with Gasteiger partial charge in [0.2, 0.25) is 0 Å². The van der Waals surface area contributed by atoms with E-state index in [4.69, 9.17) is 10.3 Å². The van der Waals surface area contributed by atoms with Crippen LogP contribution in [0, 0.1) is 0 Å². The first-order chi connectivity index (χ1) is 5.59. The molecule has 0 spiro atoms. The number of aliphatic carboxylic acids is 1. The number of nitrogens with zero attached hydrogens (tertiary/aromatic N) is 2. The van der Waals surface area contributed by atoms with Crippen LogP contribution in [0.4, 0.5) is 0 Å². The number of thiol groups is 1. The van der Waals surface area contributed by atoms with Crippen molar-refractivity contribution in [2.24, 2.45) is 0 Å². The molecule has 0 aromatic rings. The average Bonchev–Trinajstić information content (AvgIpc) is 2.26. The Morgan fingerprint density at radius 3 is 2.83 bits per heavy atom. The van der Waals surface area contributed by atoms with Crippen molar-refractivity contribution in [2.75, 3.05) is 13.2 Å². The maximum Gasteiger partial charge on any atom is 0.304 e. The van der Waals surface area contributed by atoms with Crippen LogP contribution in [0.3, 0.4) is 0 Å². The van der Waals surface area contributed by atoms with Crippen LogP contribution in [0.25, 0.3) is 0 Å². The Morgan fingerprint density at radius 2 is 2.42 bits per heavy atom. The summed E-state index contributed by atoms with van der Waals surface area (Å²) in [5, 5.41) is 18.2. The van der Waals surface area contributed by atoms with Crippen LogP contribution in [0.15, 0.2) is 0 Å². The van der Waals surface area contributed by atoms with Crippen molar-refractivity contribution < 1.29 is 15.1 Å². The summed E-state index contributed by atoms with van der Waals surface area (Å²) in [6, 6.07) is 0. The monoisotopic (exact) mass is 193 g/mol. The van der Waals surface area contributed by atoms with Gasteiger partial charge in [0.1, 0.15) is 5.50 Å². The predicted molar refractivity (Wildman–Crippen MR) is 43.4 cm³/mol. The molecule has 1 saturated heterocycles. The second-order valence-corrected chi connectivity index (χ2v) is 2.99. The van der Waals surface area contributed by atoms with Gasteiger partial charge in [-0.05, 0) is 0 Å². The number of hydrogen-bond donors (Lipinski definition) is 4. The molecule has 0 radical (unpaired) electrons. The van der Waals surface area contributed by atoms with Gasteiger partial charge >= 0.3 is 5.97 Å². The third-order valence-corrected chi connectivity index (χ3v) is 1.98. The summed E-state index contributed by atoms with van der Waals surface area (Å²) >= 11 is 4.07. The highest BCUT2D eigenvalue weighted by Crippen LogP contribution is 2.09. The molecule has 0 bridgehead atoms. The molecule has 12 heavy (non-hydrogen) atoms. The van der Waals surface area contributed by atoms with E-state index in [2.05, 4.69) is 18.1 Å². The predicted octanol–water partition coefficient (Wildman–Crippen LogP) is -0.857. The van der Waals surface area contributed by atoms with Gasteiger partial charge < -0.3 is 5.11 Å². The fourth-order valence-corrected chi connectivity index (χ4v) is 1.26. The molecule has 0 saturated carbocycles. The van der Waals surface area contributed by atoms with Crippen LogP contribution in [-0.4, -0.2) is 45.1 Å². The molecule has 1 fully saturated rings. The lowest BCUT2D eigenvalue weighted by molar-refractivity contribution is -0.138. The number of hydroxylamine groups is 1. The Kier molecular flexibility index (Phi) is 3.29. The number of hydrogen-bond acceptors (Lipinski definition) is 6. The van der Waals surface area contributed by atoms with Crippen LogP contribution in [-0.2, 0) is 4.79 Å². The molecule has 1 heterocycles. The molecule has 3 N–H and O–H groups in total. The van der Waals surface area contributed by atoms with E-state index in [0.717, 1.165) is 5.17 Å². The van der Waals surface area contributed by atoms with Gasteiger partial charge in [-0.1, -0.05) is 0 Å². The Morgan fingerprint density at radius 1 is 1.75 bits per heavy atom. The average molecular weight is 193 g/mol. The van der Waals surface area contributed by atoms with E-state index in [1.807, 2.05) is 0 Å². The zero-order chi connectivity index (χ0) is 9.14. The third kappa shape index (κ3) is 2.61. The number of carbonyl (C=O) groups is 1. The van der Waals surface area contributed by atoms with Crippen molar-refractivity contribution in [2.45, 2.75) is 11.9 Å². The number of carboxylic acid groups (broad SMARTS) is 1. The summed E-state index contributed by atoms with van der Waals surface area (Å²) in [6.45, 7) is 0.634. The van der Waals surface area contributed by atoms with Gasteiger partial charge in [0.25, 0.3) is 0 Å². The van der Waals surface area contributed by atoms with Gasteiger partial charge in [0.15, 0.2) is 0 Å². The Labute approximate surface area is 75.1 Å². The standard InChI is InChI=1S/C5H11N3O3S/c9-4(10)1-2-7-3-8(11)6-5(7)12/h5-6,11-12H,1-3H2,(H,9,10). The topological polar surface area (TPSA) is 76.0 Å². The summed E-state index contributed by atoms with van der Waals surface area (Å²) in [7, 11) is 0. The van der Waals surface area contributed by atoms with Crippen molar-refractivity contribution in [3.63, 3.8) is 0 Å². The molecule has 7 heteroatoms. The van der Waals surface area contributed by atoms with Crippen LogP contribution >= 0.6 is 12.6 Å². The van der Waals surface area contributed by atoms with Crippen molar-refractivity contribution in [3.8, 4) is 0 Å². The van der Waals surface area contributed by atoms with Gasteiger partial charge in [0.05, 0.1) is 13.1 Å². The van der Waals surface area contributed by atoms with Gasteiger partial charge in [-0.2, -0.15) is 0 Å². The Bertz CT molecular complexity index is 179. The Balaban J connectivity index is 2.28. The fraction of sp³-hybridized carbons (Fsp3) is 0.800. The molecule has 0 aliphatic carbocycles. The van der Waals surface area contributed by atoms with E-state index < -0.39 is 5.97 Å². The van der Waals surface area contributed by atoms with E-state index in [0.29, 0.717) is 6.54 Å². The van der Waals surface area contributed by atoms with E-state index in [1.54, 1.807) is 4.90 Å². The van der Waals surface area contributed by atoms with Gasteiger partial charge in [-0.15, -0.1) is 17.8 Å². The smallest absolute Gasteiger partial charge is 0.304 e. The lowest BCUT2D eigenvalue weighted by atomic mass is 10.4. The molecule has 70 valence electrons. The summed E-state index contributed by atoms with van der Waals surface area (Å²) in [5.74, 6) is -0.855. The molecule has 1 unspecified atom stereocenters. The maximum atomic E-state index is 10.2. The second kappa shape index (κ2) is 4.06. The van der Waals surface area contributed by atoms with Gasteiger partial charge in [-0.3, -0.25) is 14.9 Å².